The summed E-state index contributed by atoms with van der Waals surface area (Å²) < 4.78 is 38.8. The highest BCUT2D eigenvalue weighted by atomic mass is 127. The number of nitrogens with one attached hydrogen (secondary N) is 10. The standard InChI is InChI=1S/C38H49IN6O14.C38H50N6O14/c1-20(2)32(37(54)43-26(17-30(48)57-4)35(52)42-25(33(40)50)16-22-11-13-28(46)23(39)15-22)45-34(51)24(12-14-29(47)56-3)41-36(53)27(18-31(49)58-5)44-38(55)59-19-21-9-7-6-8-10-21;1-21(2)32(37(53)42-27(18-30(47)56-4)35(51)41-26(33(39)49)17-22-11-13-24(45)14-12-22)44-34(50)25(15-16-29(46)55-3)40-36(52)28(19-31(48)57-5)43-38(54)58-20-23-9-7-6-8-10-23/h6-11,13,15,20,24-27,32,46H,12,14,16-19H2,1-5H3,(H2,40,50)(H,41,53)(H,42,52)(H,43,54)(H,44,55)(H,45,51);6-14,21,25-28,32,45H,15-20H2,1-5H3,(H2,39,49)(H,40,52)(H,41,51)(H,42,53)(H,43,54)(H,44,50)/t24-,25-,26-,27-,32-;25-,26-,27-,28-,32-/m00/s1. The van der Waals surface area contributed by atoms with Crippen LogP contribution in [0.4, 0.5) is 9.59 Å². The van der Waals surface area contributed by atoms with E-state index in [4.69, 9.17) is 25.7 Å². The van der Waals surface area contributed by atoms with Crippen LogP contribution >= 0.6 is 22.6 Å². The first-order chi connectivity index (χ1) is 55.3. The number of alkyl carbamates (subject to hydrolysis) is 2. The molecule has 0 aliphatic rings. The number of aromatic hydroxyl groups is 2. The molecular formula is C76H99IN12O28. The van der Waals surface area contributed by atoms with Gasteiger partial charge in [0.15, 0.2) is 0 Å². The maximum Gasteiger partial charge on any atom is 0.408 e. The van der Waals surface area contributed by atoms with Crippen LogP contribution in [-0.2, 0) is 141 Å². The summed E-state index contributed by atoms with van der Waals surface area (Å²) in [4.78, 5) is 232. The van der Waals surface area contributed by atoms with Gasteiger partial charge in [-0.15, -0.1) is 0 Å². The number of rotatable bonds is 44. The maximum atomic E-state index is 13.8. The largest absolute Gasteiger partial charge is 0.508 e. The molecular weight excluding hydrogens is 1660 g/mol. The van der Waals surface area contributed by atoms with E-state index >= 15 is 0 Å². The molecule has 40 nitrogen and oxygen atoms in total. The maximum absolute atomic E-state index is 13.8. The van der Waals surface area contributed by atoms with Crippen molar-refractivity contribution in [3.8, 4) is 11.5 Å². The van der Waals surface area contributed by atoms with Gasteiger partial charge in [0.1, 0.15) is 85.1 Å². The molecule has 16 N–H and O–H groups in total. The van der Waals surface area contributed by atoms with Gasteiger partial charge in [0.05, 0.1) is 71.9 Å². The number of methoxy groups -OCH3 is 6. The predicted molar refractivity (Wildman–Crippen MR) is 416 cm³/mol. The van der Waals surface area contributed by atoms with Crippen molar-refractivity contribution in [3.05, 3.63) is 129 Å². The molecule has 4 aromatic carbocycles. The Morgan fingerprint density at radius 3 is 0.940 bits per heavy atom. The highest BCUT2D eigenvalue weighted by molar-refractivity contribution is 14.1. The number of hydrogen-bond donors (Lipinski definition) is 14. The van der Waals surface area contributed by atoms with Gasteiger partial charge in [0.2, 0.25) is 59.1 Å². The van der Waals surface area contributed by atoms with E-state index in [-0.39, 0.29) is 50.4 Å². The van der Waals surface area contributed by atoms with Crippen molar-refractivity contribution in [2.75, 3.05) is 42.7 Å². The number of nitrogens with two attached hydrogens (primary N) is 2. The van der Waals surface area contributed by atoms with Gasteiger partial charge in [-0.25, -0.2) is 9.59 Å². The summed E-state index contributed by atoms with van der Waals surface area (Å²) in [6.07, 6.45) is -6.65. The van der Waals surface area contributed by atoms with Crippen LogP contribution in [0.1, 0.15) is 101 Å². The van der Waals surface area contributed by atoms with E-state index in [2.05, 4.69) is 76.9 Å². The Morgan fingerprint density at radius 2 is 0.632 bits per heavy atom. The number of carbonyl (C=O) groups is 18. The molecule has 117 heavy (non-hydrogen) atoms. The fourth-order valence-corrected chi connectivity index (χ4v) is 10.9. The van der Waals surface area contributed by atoms with Crippen LogP contribution in [0.25, 0.3) is 0 Å². The number of primary amides is 2. The lowest BCUT2D eigenvalue weighted by Gasteiger charge is -2.28. The Labute approximate surface area is 685 Å². The summed E-state index contributed by atoms with van der Waals surface area (Å²) in [5.41, 5.74) is 13.4. The lowest BCUT2D eigenvalue weighted by atomic mass is 10.0. The lowest BCUT2D eigenvalue weighted by Crippen LogP contribution is -2.60. The fourth-order valence-electron chi connectivity index (χ4n) is 10.3. The Kier molecular flexibility index (Phi) is 43.1. The fraction of sp³-hybridized carbons (Fsp3) is 0.447. The minimum Gasteiger partial charge on any atom is -0.508 e. The van der Waals surface area contributed by atoms with Crippen molar-refractivity contribution in [3.63, 3.8) is 0 Å². The van der Waals surface area contributed by atoms with Crippen LogP contribution in [-0.4, -0.2) is 220 Å². The second-order valence-corrected chi connectivity index (χ2v) is 27.5. The third-order valence-corrected chi connectivity index (χ3v) is 17.8. The molecule has 0 spiro atoms. The number of amides is 12. The van der Waals surface area contributed by atoms with Gasteiger partial charge in [-0.3, -0.25) is 76.7 Å². The first-order valence-corrected chi connectivity index (χ1v) is 37.1. The number of esters is 6. The smallest absolute Gasteiger partial charge is 0.408 e. The molecule has 41 heteroatoms. The molecule has 12 amide bonds. The second kappa shape index (κ2) is 51.2. The summed E-state index contributed by atoms with van der Waals surface area (Å²) in [6, 6.07) is 12.2. The SMILES string of the molecule is COC(=O)CC[C@H](NC(=O)[C@H](CC(=O)OC)NC(=O)OCc1ccccc1)C(=O)N[C@H](C(=O)N[C@@H](CC(=O)OC)C(=O)N[C@@H](Cc1ccc(O)c(I)c1)C(N)=O)C(C)C.COC(=O)CC[C@H](NC(=O)[C@H](CC(=O)OC)NC(=O)OCc1ccccc1)C(=O)N[C@H](C(=O)N[C@@H](CC(=O)OC)C(=O)N[C@@H](Cc1ccc(O)cc1)C(N)=O)C(C)C. The summed E-state index contributed by atoms with van der Waals surface area (Å²) in [6.45, 7) is 5.83. The van der Waals surface area contributed by atoms with Crippen LogP contribution in [0.5, 0.6) is 11.5 Å². The quantitative estimate of drug-likeness (QED) is 0.0149. The van der Waals surface area contributed by atoms with Crippen LogP contribution in [0.2, 0.25) is 0 Å². The zero-order chi connectivity index (χ0) is 87.6. The average Bonchev–Trinajstić information content (AvgIpc) is 0.852. The topological polar surface area (TPSA) is 594 Å². The minimum absolute atomic E-state index is 0.00431. The molecule has 0 radical (unpaired) electrons. The number of phenolic OH excluding ortho intramolecular Hbond substituents is 2. The summed E-state index contributed by atoms with van der Waals surface area (Å²) in [7, 11) is 6.43. The minimum atomic E-state index is -1.64. The zero-order valence-electron chi connectivity index (χ0n) is 65.8. The summed E-state index contributed by atoms with van der Waals surface area (Å²) in [5, 5.41) is 43.3. The Hall–Kier alpha value is -12.7. The lowest BCUT2D eigenvalue weighted by molar-refractivity contribution is -0.145. The summed E-state index contributed by atoms with van der Waals surface area (Å²) in [5.74, 6) is -16.5. The van der Waals surface area contributed by atoms with Gasteiger partial charge < -0.3 is 113 Å². The van der Waals surface area contributed by atoms with Gasteiger partial charge in [-0.1, -0.05) is 107 Å². The summed E-state index contributed by atoms with van der Waals surface area (Å²) >= 11 is 1.87. The first kappa shape index (κ1) is 98.5. The predicted octanol–water partition coefficient (Wildman–Crippen LogP) is -0.616. The molecule has 0 heterocycles. The molecule has 0 bridgehead atoms. The van der Waals surface area contributed by atoms with E-state index < -0.39 is 218 Å². The molecule has 0 aliphatic carbocycles. The molecule has 638 valence electrons. The van der Waals surface area contributed by atoms with E-state index in [1.807, 2.05) is 22.6 Å². The van der Waals surface area contributed by atoms with E-state index in [1.54, 1.807) is 94.4 Å². The number of hydrogen-bond acceptors (Lipinski definition) is 28. The Balaban J connectivity index is 0.000000605. The van der Waals surface area contributed by atoms with Gasteiger partial charge in [-0.2, -0.15) is 0 Å². The molecule has 0 saturated heterocycles. The molecule has 0 saturated carbocycles. The molecule has 0 unspecified atom stereocenters. The highest BCUT2D eigenvalue weighted by Gasteiger charge is 2.39. The molecule has 4 rings (SSSR count). The molecule has 0 fully saturated rings. The van der Waals surface area contributed by atoms with E-state index in [0.29, 0.717) is 25.8 Å². The van der Waals surface area contributed by atoms with Crippen LogP contribution in [0, 0.1) is 15.4 Å². The molecule has 4 aromatic rings. The zero-order valence-corrected chi connectivity index (χ0v) is 67.9. The monoisotopic (exact) mass is 1750 g/mol. The van der Waals surface area contributed by atoms with Crippen LogP contribution in [0.3, 0.4) is 0 Å². The van der Waals surface area contributed by atoms with Crippen molar-refractivity contribution in [2.24, 2.45) is 23.3 Å². The van der Waals surface area contributed by atoms with E-state index in [1.165, 1.54) is 36.4 Å². The van der Waals surface area contributed by atoms with Gasteiger partial charge >= 0.3 is 48.0 Å². The highest BCUT2D eigenvalue weighted by Crippen LogP contribution is 2.22. The normalized spacial score (nSPS) is 13.2. The Bertz CT molecular complexity index is 4100. The van der Waals surface area contributed by atoms with Crippen molar-refractivity contribution >= 4 is 130 Å². The van der Waals surface area contributed by atoms with Crippen molar-refractivity contribution in [1.82, 2.24) is 53.2 Å². The first-order valence-electron chi connectivity index (χ1n) is 36.0. The molecule has 0 aromatic heterocycles. The van der Waals surface area contributed by atoms with Gasteiger partial charge in [0, 0.05) is 25.7 Å². The van der Waals surface area contributed by atoms with Crippen LogP contribution in [0.15, 0.2) is 103 Å². The van der Waals surface area contributed by atoms with Gasteiger partial charge in [-0.05, 0) is 93.8 Å². The molecule has 0 aliphatic heterocycles. The number of halogens is 1. The number of carbonyl (C=O) groups excluding carboxylic acids is 18. The number of phenols is 2. The number of ether oxygens (including phenoxy) is 8. The van der Waals surface area contributed by atoms with E-state index in [0.717, 1.165) is 42.7 Å². The average molecular weight is 1760 g/mol. The van der Waals surface area contributed by atoms with Crippen molar-refractivity contribution in [1.29, 1.82) is 0 Å². The Morgan fingerprint density at radius 1 is 0.342 bits per heavy atom. The van der Waals surface area contributed by atoms with Gasteiger partial charge in [0.25, 0.3) is 0 Å². The molecule has 10 atom stereocenters. The van der Waals surface area contributed by atoms with E-state index in [9.17, 15) is 96.5 Å². The second-order valence-electron chi connectivity index (χ2n) is 26.4. The van der Waals surface area contributed by atoms with Crippen LogP contribution < -0.4 is 64.6 Å². The van der Waals surface area contributed by atoms with Crippen molar-refractivity contribution < 1.29 is 134 Å². The number of benzene rings is 4. The third kappa shape index (κ3) is 36.5. The van der Waals surface area contributed by atoms with Crippen molar-refractivity contribution in [2.45, 2.75) is 166 Å². The third-order valence-electron chi connectivity index (χ3n) is 16.9.